The monoisotopic (exact) mass is 531 g/mol. The number of aliphatic hydroxyl groups excluding tert-OH is 1. The van der Waals surface area contributed by atoms with Gasteiger partial charge in [-0.1, -0.05) is 18.2 Å². The minimum Gasteiger partial charge on any atom is -0.462 e. The van der Waals surface area contributed by atoms with E-state index in [1.807, 2.05) is 0 Å². The Hall–Kier alpha value is -2.80. The zero-order valence-corrected chi connectivity index (χ0v) is 20.7. The number of H-pyrrole nitrogens is 1. The first-order chi connectivity index (χ1) is 18.4. The molecule has 2 aromatic rings. The van der Waals surface area contributed by atoms with Gasteiger partial charge >= 0.3 is 19.4 Å². The maximum atomic E-state index is 13.8. The summed E-state index contributed by atoms with van der Waals surface area (Å²) in [5, 5.41) is 24.1. The number of carbonyl (C=O) groups is 1. The second-order valence-corrected chi connectivity index (χ2v) is 10.0. The van der Waals surface area contributed by atoms with Crippen molar-refractivity contribution in [1.82, 2.24) is 14.6 Å². The molecule has 1 saturated heterocycles. The highest BCUT2D eigenvalue weighted by molar-refractivity contribution is 7.52. The lowest BCUT2D eigenvalue weighted by Crippen LogP contribution is -2.47. The summed E-state index contributed by atoms with van der Waals surface area (Å²) in [7, 11) is -4.84. The van der Waals surface area contributed by atoms with Crippen LogP contribution in [0.25, 0.3) is 0 Å². The lowest BCUT2D eigenvalue weighted by atomic mass is 9.96. The highest BCUT2D eigenvalue weighted by atomic mass is 31.2. The zero-order valence-electron chi connectivity index (χ0n) is 23.8. The van der Waals surface area contributed by atoms with E-state index in [-0.39, 0.29) is 5.75 Å². The van der Waals surface area contributed by atoms with Gasteiger partial charge in [0, 0.05) is 12.2 Å². The molecule has 3 rings (SSSR count). The van der Waals surface area contributed by atoms with Crippen molar-refractivity contribution in [2.24, 2.45) is 0 Å². The van der Waals surface area contributed by atoms with Gasteiger partial charge in [-0.25, -0.2) is 9.36 Å². The summed E-state index contributed by atoms with van der Waals surface area (Å²) in [4.78, 5) is 38.2. The molecule has 1 aliphatic rings. The quantitative estimate of drug-likeness (QED) is 0.250. The Kier molecular flexibility index (Phi) is 6.89. The van der Waals surface area contributed by atoms with Crippen LogP contribution in [-0.2, 0) is 23.4 Å². The van der Waals surface area contributed by atoms with Crippen LogP contribution in [0.1, 0.15) is 39.4 Å². The van der Waals surface area contributed by atoms with Crippen molar-refractivity contribution in [3.63, 3.8) is 0 Å². The van der Waals surface area contributed by atoms with Gasteiger partial charge in [0.2, 0.25) is 0 Å². The first kappa shape index (κ1) is 22.4. The fraction of sp³-hybridized carbons (Fsp3) is 0.500. The standard InChI is InChI=1S/C22H30N3O10P/c1-13(2)33-19(28)14(3)24-36(31,35-15-8-6-5-7-9-15)32-12-16-18(27)22(4,30)20(34-16)25-11-10-17(26)23-21(25)29/h5-11,13-14,16,18,20,27,30H,12H2,1-4H3,(H,24,31)(H,23,26,29)/t14?,16-,18-,20-,22-,36+/m1/s1/i10D,11D,12D2. The van der Waals surface area contributed by atoms with Gasteiger partial charge in [-0.05, 0) is 39.8 Å². The Morgan fingerprint density at radius 3 is 2.67 bits per heavy atom. The number of ether oxygens (including phenoxy) is 2. The second kappa shape index (κ2) is 11.1. The molecule has 14 heteroatoms. The minimum absolute atomic E-state index is 0.0436. The SMILES string of the molecule is [2H]c1c([2H])n([C@@H]2O[C@H](C([2H])([2H])O[P@@](=O)(NC(C)C(=O)OC(C)C)Oc3ccccc3)[C@@H](O)[C@@]2(C)O)c(=O)[nH]c1=O. The van der Waals surface area contributed by atoms with Crippen LogP contribution in [0.5, 0.6) is 5.75 Å². The van der Waals surface area contributed by atoms with E-state index in [9.17, 15) is 29.2 Å². The molecule has 1 fully saturated rings. The summed E-state index contributed by atoms with van der Waals surface area (Å²) >= 11 is 0. The van der Waals surface area contributed by atoms with Gasteiger partial charge in [-0.3, -0.25) is 23.7 Å². The molecule has 198 valence electrons. The van der Waals surface area contributed by atoms with E-state index >= 15 is 0 Å². The lowest BCUT2D eigenvalue weighted by Gasteiger charge is -2.27. The molecule has 0 saturated carbocycles. The highest BCUT2D eigenvalue weighted by Gasteiger charge is 2.54. The van der Waals surface area contributed by atoms with E-state index in [4.69, 9.17) is 24.0 Å². The number of rotatable bonds is 10. The largest absolute Gasteiger partial charge is 0.462 e. The number of nitrogens with one attached hydrogen (secondary N) is 2. The Morgan fingerprint density at radius 1 is 1.36 bits per heavy atom. The Morgan fingerprint density at radius 2 is 2.03 bits per heavy atom. The lowest BCUT2D eigenvalue weighted by molar-refractivity contribution is -0.149. The molecule has 0 radical (unpaired) electrons. The van der Waals surface area contributed by atoms with Gasteiger partial charge in [0.1, 0.15) is 29.6 Å². The Bertz CT molecular complexity index is 1400. The molecule has 6 atom stereocenters. The van der Waals surface area contributed by atoms with Crippen LogP contribution in [-0.4, -0.2) is 62.2 Å². The normalized spacial score (nSPS) is 28.4. The van der Waals surface area contributed by atoms with Crippen molar-refractivity contribution >= 4 is 13.7 Å². The number of carbonyl (C=O) groups excluding carboxylic acids is 1. The topological polar surface area (TPSA) is 178 Å². The number of benzene rings is 1. The Balaban J connectivity index is 1.98. The van der Waals surface area contributed by atoms with E-state index < -0.39 is 79.9 Å². The maximum Gasteiger partial charge on any atom is 0.459 e. The van der Waals surface area contributed by atoms with Crippen LogP contribution in [0.3, 0.4) is 0 Å². The molecule has 1 unspecified atom stereocenters. The Labute approximate surface area is 212 Å². The van der Waals surface area contributed by atoms with Crippen molar-refractivity contribution in [3.05, 3.63) is 63.4 Å². The molecule has 4 N–H and O–H groups in total. The van der Waals surface area contributed by atoms with Gasteiger partial charge in [0.15, 0.2) is 6.23 Å². The zero-order chi connectivity index (χ0) is 30.2. The van der Waals surface area contributed by atoms with E-state index in [0.717, 1.165) is 6.92 Å². The number of aromatic amines is 1. The van der Waals surface area contributed by atoms with Gasteiger partial charge in [-0.15, -0.1) is 0 Å². The summed E-state index contributed by atoms with van der Waals surface area (Å²) in [6.45, 7) is 2.14. The third kappa shape index (κ3) is 6.49. The van der Waals surface area contributed by atoms with Crippen molar-refractivity contribution in [3.8, 4) is 5.75 Å². The van der Waals surface area contributed by atoms with Crippen molar-refractivity contribution < 1.29 is 43.6 Å². The van der Waals surface area contributed by atoms with Crippen LogP contribution in [0.4, 0.5) is 0 Å². The average Bonchev–Trinajstić information content (AvgIpc) is 3.07. The number of aromatic nitrogens is 2. The van der Waals surface area contributed by atoms with Crippen LogP contribution in [0, 0.1) is 0 Å². The minimum atomic E-state index is -4.84. The predicted molar refractivity (Wildman–Crippen MR) is 126 cm³/mol. The van der Waals surface area contributed by atoms with E-state index in [1.54, 1.807) is 24.9 Å². The first-order valence-corrected chi connectivity index (χ1v) is 12.4. The van der Waals surface area contributed by atoms with Crippen LogP contribution < -0.4 is 20.9 Å². The number of aliphatic hydroxyl groups is 2. The summed E-state index contributed by atoms with van der Waals surface area (Å²) in [5.41, 5.74) is -4.95. The molecule has 36 heavy (non-hydrogen) atoms. The molecule has 13 nitrogen and oxygen atoms in total. The summed E-state index contributed by atoms with van der Waals surface area (Å²) in [6.07, 6.45) is -7.84. The molecule has 1 aromatic carbocycles. The molecule has 0 amide bonds. The van der Waals surface area contributed by atoms with Crippen LogP contribution in [0.15, 0.2) is 52.1 Å². The molecule has 0 aliphatic carbocycles. The van der Waals surface area contributed by atoms with Crippen molar-refractivity contribution in [2.45, 2.75) is 63.9 Å². The molecule has 1 aliphatic heterocycles. The number of esters is 1. The second-order valence-electron chi connectivity index (χ2n) is 8.39. The predicted octanol–water partition coefficient (Wildman–Crippen LogP) is 0.679. The highest BCUT2D eigenvalue weighted by Crippen LogP contribution is 2.46. The van der Waals surface area contributed by atoms with Crippen molar-refractivity contribution in [2.75, 3.05) is 6.56 Å². The van der Waals surface area contributed by atoms with Gasteiger partial charge in [0.25, 0.3) is 5.56 Å². The summed E-state index contributed by atoms with van der Waals surface area (Å²) < 4.78 is 67.9. The summed E-state index contributed by atoms with van der Waals surface area (Å²) in [5.74, 6) is -0.902. The van der Waals surface area contributed by atoms with E-state index in [0.29, 0.717) is 4.57 Å². The van der Waals surface area contributed by atoms with E-state index in [2.05, 4.69) is 5.09 Å². The smallest absolute Gasteiger partial charge is 0.459 e. The maximum absolute atomic E-state index is 13.8. The number of hydrogen-bond acceptors (Lipinski definition) is 10. The summed E-state index contributed by atoms with van der Waals surface area (Å²) in [6, 6.07) is 5.14. The number of para-hydroxylation sites is 1. The molecule has 0 spiro atoms. The fourth-order valence-corrected chi connectivity index (χ4v) is 4.53. The third-order valence-electron chi connectivity index (χ3n) is 4.94. The van der Waals surface area contributed by atoms with Crippen molar-refractivity contribution in [1.29, 1.82) is 0 Å². The molecule has 2 heterocycles. The first-order valence-electron chi connectivity index (χ1n) is 12.8. The van der Waals surface area contributed by atoms with Crippen LogP contribution >= 0.6 is 7.75 Å². The van der Waals surface area contributed by atoms with Gasteiger partial charge in [0.05, 0.1) is 18.1 Å². The molecular weight excluding hydrogens is 497 g/mol. The average molecular weight is 531 g/mol. The molecule has 1 aromatic heterocycles. The van der Waals surface area contributed by atoms with Crippen LogP contribution in [0.2, 0.25) is 0 Å². The third-order valence-corrected chi connectivity index (χ3v) is 6.44. The van der Waals surface area contributed by atoms with E-state index in [1.165, 1.54) is 31.2 Å². The van der Waals surface area contributed by atoms with Gasteiger partial charge in [-0.2, -0.15) is 5.09 Å². The number of hydrogen-bond donors (Lipinski definition) is 4. The number of nitrogens with zero attached hydrogens (tertiary/aromatic N) is 1. The molecule has 0 bridgehead atoms. The van der Waals surface area contributed by atoms with Gasteiger partial charge < -0.3 is 24.2 Å². The fourth-order valence-electron chi connectivity index (χ4n) is 3.17. The molecular formula is C22H30N3O10P.